The lowest BCUT2D eigenvalue weighted by molar-refractivity contribution is 0.0607. The fourth-order valence-corrected chi connectivity index (χ4v) is 2.63. The highest BCUT2D eigenvalue weighted by molar-refractivity contribution is 7.15. The van der Waals surface area contributed by atoms with E-state index < -0.39 is 0 Å². The van der Waals surface area contributed by atoms with Crippen LogP contribution in [0.15, 0.2) is 23.0 Å². The lowest BCUT2D eigenvalue weighted by atomic mass is 10.3. The van der Waals surface area contributed by atoms with E-state index in [2.05, 4.69) is 9.72 Å². The van der Waals surface area contributed by atoms with Gasteiger partial charge in [-0.25, -0.2) is 9.78 Å². The summed E-state index contributed by atoms with van der Waals surface area (Å²) in [7, 11) is 1.38. The first-order valence-electron chi connectivity index (χ1n) is 3.88. The van der Waals surface area contributed by atoms with E-state index in [-0.39, 0.29) is 5.97 Å². The van der Waals surface area contributed by atoms with Crippen LogP contribution in [0.3, 0.4) is 0 Å². The quantitative estimate of drug-likeness (QED) is 0.737. The van der Waals surface area contributed by atoms with E-state index in [4.69, 9.17) is 0 Å². The van der Waals surface area contributed by atoms with Crippen LogP contribution in [0.4, 0.5) is 0 Å². The molecule has 5 heteroatoms. The fourth-order valence-electron chi connectivity index (χ4n) is 1.08. The maximum Gasteiger partial charge on any atom is 0.348 e. The topological polar surface area (TPSA) is 39.2 Å². The number of methoxy groups -OCH3 is 1. The van der Waals surface area contributed by atoms with Crippen LogP contribution in [0.1, 0.15) is 9.67 Å². The second-order valence-electron chi connectivity index (χ2n) is 2.49. The van der Waals surface area contributed by atoms with Crippen molar-refractivity contribution < 1.29 is 9.53 Å². The summed E-state index contributed by atoms with van der Waals surface area (Å²) < 4.78 is 4.68. The summed E-state index contributed by atoms with van der Waals surface area (Å²) in [6.45, 7) is 0. The smallest absolute Gasteiger partial charge is 0.348 e. The predicted octanol–water partition coefficient (Wildman–Crippen LogP) is 2.66. The summed E-state index contributed by atoms with van der Waals surface area (Å²) >= 11 is 2.88. The zero-order valence-corrected chi connectivity index (χ0v) is 9.02. The van der Waals surface area contributed by atoms with Crippen molar-refractivity contribution in [1.29, 1.82) is 0 Å². The molecule has 2 rings (SSSR count). The zero-order valence-electron chi connectivity index (χ0n) is 7.39. The van der Waals surface area contributed by atoms with Gasteiger partial charge in [0.2, 0.25) is 0 Å². The van der Waals surface area contributed by atoms with E-state index in [1.165, 1.54) is 29.8 Å². The monoisotopic (exact) mass is 225 g/mol. The molecular formula is C9H7NO2S2. The highest BCUT2D eigenvalue weighted by Crippen LogP contribution is 2.29. The van der Waals surface area contributed by atoms with Gasteiger partial charge in [-0.15, -0.1) is 22.7 Å². The minimum absolute atomic E-state index is 0.301. The number of thiazole rings is 1. The van der Waals surface area contributed by atoms with Gasteiger partial charge >= 0.3 is 5.97 Å². The van der Waals surface area contributed by atoms with E-state index >= 15 is 0 Å². The molecule has 0 aliphatic heterocycles. The number of nitrogens with zero attached hydrogens (tertiary/aromatic N) is 1. The molecule has 0 atom stereocenters. The molecule has 0 aliphatic carbocycles. The molecule has 0 N–H and O–H groups in total. The second kappa shape index (κ2) is 3.89. The Hall–Kier alpha value is -1.20. The molecule has 0 saturated carbocycles. The van der Waals surface area contributed by atoms with Crippen LogP contribution < -0.4 is 0 Å². The summed E-state index contributed by atoms with van der Waals surface area (Å²) in [6.07, 6.45) is 1.72. The van der Waals surface area contributed by atoms with Crippen LogP contribution in [0.2, 0.25) is 0 Å². The highest BCUT2D eigenvalue weighted by atomic mass is 32.1. The maximum absolute atomic E-state index is 11.4. The van der Waals surface area contributed by atoms with Gasteiger partial charge in [0, 0.05) is 17.1 Å². The van der Waals surface area contributed by atoms with Gasteiger partial charge in [-0.05, 0) is 11.4 Å². The number of carbonyl (C=O) groups is 1. The summed E-state index contributed by atoms with van der Waals surface area (Å²) in [5, 5.41) is 4.60. The lowest BCUT2D eigenvalue weighted by Crippen LogP contribution is -1.99. The van der Waals surface area contributed by atoms with Crippen molar-refractivity contribution in [2.75, 3.05) is 7.11 Å². The molecule has 2 aromatic rings. The lowest BCUT2D eigenvalue weighted by Gasteiger charge is -1.97. The molecule has 0 aromatic carbocycles. The first-order valence-corrected chi connectivity index (χ1v) is 5.64. The summed E-state index contributed by atoms with van der Waals surface area (Å²) in [4.78, 5) is 16.1. The first kappa shape index (κ1) is 9.36. The SMILES string of the molecule is COC(=O)c1sccc1-c1nccs1. The summed E-state index contributed by atoms with van der Waals surface area (Å²) in [6, 6.07) is 1.88. The molecule has 3 nitrogen and oxygen atoms in total. The van der Waals surface area contributed by atoms with Crippen LogP contribution in [-0.4, -0.2) is 18.1 Å². The Morgan fingerprint density at radius 3 is 2.93 bits per heavy atom. The molecule has 0 fully saturated rings. The maximum atomic E-state index is 11.4. The van der Waals surface area contributed by atoms with Gasteiger partial charge in [-0.1, -0.05) is 0 Å². The van der Waals surface area contributed by atoms with E-state index in [1.807, 2.05) is 16.8 Å². The number of ether oxygens (including phenoxy) is 1. The van der Waals surface area contributed by atoms with Crippen LogP contribution in [0, 0.1) is 0 Å². The van der Waals surface area contributed by atoms with Gasteiger partial charge in [-0.3, -0.25) is 0 Å². The van der Waals surface area contributed by atoms with E-state index in [0.29, 0.717) is 4.88 Å². The molecular weight excluding hydrogens is 218 g/mol. The van der Waals surface area contributed by atoms with Gasteiger partial charge in [-0.2, -0.15) is 0 Å². The van der Waals surface area contributed by atoms with Crippen molar-refractivity contribution in [2.24, 2.45) is 0 Å². The third-order valence-corrected chi connectivity index (χ3v) is 3.40. The Kier molecular flexibility index (Phi) is 2.60. The van der Waals surface area contributed by atoms with Crippen molar-refractivity contribution in [3.05, 3.63) is 27.9 Å². The Bertz CT molecular complexity index is 433. The third-order valence-electron chi connectivity index (χ3n) is 1.70. The van der Waals surface area contributed by atoms with Crippen LogP contribution in [0.5, 0.6) is 0 Å². The average molecular weight is 225 g/mol. The van der Waals surface area contributed by atoms with Crippen molar-refractivity contribution in [2.45, 2.75) is 0 Å². The van der Waals surface area contributed by atoms with Crippen molar-refractivity contribution in [3.63, 3.8) is 0 Å². The molecule has 0 bridgehead atoms. The molecule has 0 aliphatic rings. The molecule has 0 saturated heterocycles. The Morgan fingerprint density at radius 2 is 2.29 bits per heavy atom. The first-order chi connectivity index (χ1) is 6.83. The van der Waals surface area contributed by atoms with E-state index in [0.717, 1.165) is 10.6 Å². The van der Waals surface area contributed by atoms with Gasteiger partial charge in [0.25, 0.3) is 0 Å². The number of hydrogen-bond donors (Lipinski definition) is 0. The molecule has 14 heavy (non-hydrogen) atoms. The third kappa shape index (κ3) is 1.56. The molecule has 0 amide bonds. The molecule has 0 spiro atoms. The summed E-state index contributed by atoms with van der Waals surface area (Å²) in [5.41, 5.74) is 0.858. The van der Waals surface area contributed by atoms with Gasteiger partial charge in [0.1, 0.15) is 9.88 Å². The fraction of sp³-hybridized carbons (Fsp3) is 0.111. The molecule has 0 unspecified atom stereocenters. The number of hydrogen-bond acceptors (Lipinski definition) is 5. The largest absolute Gasteiger partial charge is 0.465 e. The van der Waals surface area contributed by atoms with Gasteiger partial charge in [0.15, 0.2) is 0 Å². The highest BCUT2D eigenvalue weighted by Gasteiger charge is 2.15. The van der Waals surface area contributed by atoms with Gasteiger partial charge < -0.3 is 4.74 Å². The Balaban J connectivity index is 2.45. The van der Waals surface area contributed by atoms with Crippen LogP contribution in [0.25, 0.3) is 10.6 Å². The van der Waals surface area contributed by atoms with Crippen LogP contribution in [-0.2, 0) is 4.74 Å². The molecule has 2 heterocycles. The van der Waals surface area contributed by atoms with E-state index in [1.54, 1.807) is 6.20 Å². The number of rotatable bonds is 2. The standard InChI is InChI=1S/C9H7NO2S2/c1-12-9(11)7-6(2-4-13-7)8-10-3-5-14-8/h2-5H,1H3. The second-order valence-corrected chi connectivity index (χ2v) is 4.30. The zero-order chi connectivity index (χ0) is 9.97. The minimum Gasteiger partial charge on any atom is -0.465 e. The molecule has 2 aromatic heterocycles. The summed E-state index contributed by atoms with van der Waals surface area (Å²) in [5.74, 6) is -0.301. The molecule has 0 radical (unpaired) electrons. The van der Waals surface area contributed by atoms with Crippen molar-refractivity contribution >= 4 is 28.6 Å². The van der Waals surface area contributed by atoms with Crippen molar-refractivity contribution in [1.82, 2.24) is 4.98 Å². The van der Waals surface area contributed by atoms with Crippen LogP contribution >= 0.6 is 22.7 Å². The van der Waals surface area contributed by atoms with Gasteiger partial charge in [0.05, 0.1) is 7.11 Å². The Morgan fingerprint density at radius 1 is 1.43 bits per heavy atom. The minimum atomic E-state index is -0.301. The Labute approximate surface area is 89.0 Å². The normalized spacial score (nSPS) is 10.1. The number of aromatic nitrogens is 1. The molecule has 72 valence electrons. The average Bonchev–Trinajstić information content (AvgIpc) is 2.85. The number of carbonyl (C=O) groups excluding carboxylic acids is 1. The number of esters is 1. The predicted molar refractivity (Wildman–Crippen MR) is 56.8 cm³/mol. The number of thiophene rings is 1. The van der Waals surface area contributed by atoms with E-state index in [9.17, 15) is 4.79 Å². The van der Waals surface area contributed by atoms with Crippen molar-refractivity contribution in [3.8, 4) is 10.6 Å².